The van der Waals surface area contributed by atoms with E-state index in [4.69, 9.17) is 19.9 Å². The van der Waals surface area contributed by atoms with Gasteiger partial charge in [0.15, 0.2) is 0 Å². The summed E-state index contributed by atoms with van der Waals surface area (Å²) in [6.45, 7) is 1.26. The number of esters is 1. The van der Waals surface area contributed by atoms with Crippen molar-refractivity contribution in [2.75, 3.05) is 13.2 Å². The highest BCUT2D eigenvalue weighted by atomic mass is 16.5. The molecule has 2 aromatic carbocycles. The first kappa shape index (κ1) is 33.4. The molecule has 1 fully saturated rings. The highest BCUT2D eigenvalue weighted by Crippen LogP contribution is 2.29. The van der Waals surface area contributed by atoms with E-state index in [0.717, 1.165) is 5.56 Å². The van der Waals surface area contributed by atoms with Crippen LogP contribution >= 0.6 is 0 Å². The van der Waals surface area contributed by atoms with E-state index in [1.807, 2.05) is 30.4 Å². The first-order valence-corrected chi connectivity index (χ1v) is 14.3. The van der Waals surface area contributed by atoms with Gasteiger partial charge in [0.2, 0.25) is 11.8 Å². The summed E-state index contributed by atoms with van der Waals surface area (Å²) in [5.41, 5.74) is 6.08. The molecule has 0 radical (unpaired) electrons. The van der Waals surface area contributed by atoms with Crippen LogP contribution in [0.3, 0.4) is 0 Å². The Kier molecular flexibility index (Phi) is 13.3. The number of allylic oxidation sites excluding steroid dienone is 2. The number of carbonyl (C=O) groups is 4. The van der Waals surface area contributed by atoms with E-state index in [0.29, 0.717) is 30.8 Å². The van der Waals surface area contributed by atoms with E-state index >= 15 is 0 Å². The zero-order valence-electron chi connectivity index (χ0n) is 24.2. The van der Waals surface area contributed by atoms with Gasteiger partial charge in [-0.15, -0.1) is 0 Å². The summed E-state index contributed by atoms with van der Waals surface area (Å²) < 4.78 is 16.6. The zero-order valence-corrected chi connectivity index (χ0v) is 24.2. The maximum absolute atomic E-state index is 12.4. The van der Waals surface area contributed by atoms with Crippen molar-refractivity contribution in [2.24, 2.45) is 11.7 Å². The summed E-state index contributed by atoms with van der Waals surface area (Å²) in [5.74, 6) is -1.01. The summed E-state index contributed by atoms with van der Waals surface area (Å²) in [7, 11) is 0. The summed E-state index contributed by atoms with van der Waals surface area (Å²) >= 11 is 0. The number of ketones is 1. The number of unbranched alkanes of at least 4 members (excludes halogenated alkanes) is 1. The molecule has 43 heavy (non-hydrogen) atoms. The number of aliphatic hydroxyl groups is 2. The monoisotopic (exact) mass is 596 g/mol. The first-order valence-electron chi connectivity index (χ1n) is 14.3. The standard InChI is InChI=1S/C32H40N2O9/c1-21(35)34-27(32(33)40)17-22-13-15-25(16-14-22)43-30(39)12-8-3-2-7-11-26-28(37)18-29(38)31(26)42-20-23(36)19-41-24-9-5-4-6-10-24/h2,4-7,9-10,13-16,23,26-27,29,31,36,38H,3,8,11-12,17-20H2,1H3,(H2,33,40)(H,34,35)/b7-2-/t23-,26+,27?,29-,31-/m1/s1. The predicted octanol–water partition coefficient (Wildman–Crippen LogP) is 2.02. The fraction of sp³-hybridized carbons (Fsp3) is 0.438. The number of nitrogens with one attached hydrogen (secondary N) is 1. The highest BCUT2D eigenvalue weighted by Gasteiger charge is 2.41. The SMILES string of the molecule is CC(=O)NC(Cc1ccc(OC(=O)CCC/C=C\C[C@H]2C(=O)C[C@@H](O)[C@@H]2OC[C@H](O)COc2ccccc2)cc1)C(N)=O. The Morgan fingerprint density at radius 1 is 1.05 bits per heavy atom. The van der Waals surface area contributed by atoms with Crippen LogP contribution in [0.25, 0.3) is 0 Å². The second-order valence-corrected chi connectivity index (χ2v) is 10.5. The first-order chi connectivity index (χ1) is 20.6. The zero-order chi connectivity index (χ0) is 31.2. The predicted molar refractivity (Wildman–Crippen MR) is 157 cm³/mol. The molecule has 1 aliphatic carbocycles. The number of amides is 2. The number of nitrogens with two attached hydrogens (primary N) is 1. The molecule has 2 aromatic rings. The third kappa shape index (κ3) is 11.6. The fourth-order valence-corrected chi connectivity index (χ4v) is 4.70. The Labute approximate surface area is 251 Å². The van der Waals surface area contributed by atoms with Crippen LogP contribution in [0, 0.1) is 5.92 Å². The number of hydrogen-bond donors (Lipinski definition) is 4. The number of ether oxygens (including phenoxy) is 3. The minimum atomic E-state index is -0.932. The quantitative estimate of drug-likeness (QED) is 0.0922. The Balaban J connectivity index is 1.35. The van der Waals surface area contributed by atoms with Gasteiger partial charge in [0, 0.05) is 32.1 Å². The third-order valence-corrected chi connectivity index (χ3v) is 6.89. The van der Waals surface area contributed by atoms with E-state index < -0.39 is 42.1 Å². The van der Waals surface area contributed by atoms with Crippen molar-refractivity contribution in [1.82, 2.24) is 5.32 Å². The Hall–Kier alpha value is -4.06. The largest absolute Gasteiger partial charge is 0.491 e. The van der Waals surface area contributed by atoms with Gasteiger partial charge in [-0.2, -0.15) is 0 Å². The highest BCUT2D eigenvalue weighted by molar-refractivity contribution is 5.86. The smallest absolute Gasteiger partial charge is 0.311 e. The van der Waals surface area contributed by atoms with Gasteiger partial charge >= 0.3 is 5.97 Å². The lowest BCUT2D eigenvalue weighted by Crippen LogP contribution is -2.44. The molecule has 0 aliphatic heterocycles. The molecule has 0 saturated heterocycles. The van der Waals surface area contributed by atoms with Gasteiger partial charge in [0.25, 0.3) is 0 Å². The van der Waals surface area contributed by atoms with Gasteiger partial charge in [-0.1, -0.05) is 42.5 Å². The average molecular weight is 597 g/mol. The Morgan fingerprint density at radius 2 is 1.77 bits per heavy atom. The summed E-state index contributed by atoms with van der Waals surface area (Å²) in [6, 6.07) is 14.9. The lowest BCUT2D eigenvalue weighted by atomic mass is 9.99. The summed E-state index contributed by atoms with van der Waals surface area (Å²) in [4.78, 5) is 47.4. The lowest BCUT2D eigenvalue weighted by Gasteiger charge is -2.22. The van der Waals surface area contributed by atoms with E-state index in [-0.39, 0.29) is 44.2 Å². The molecule has 1 aliphatic rings. The minimum absolute atomic E-state index is 0.00757. The number of benzene rings is 2. The normalized spacial score (nSPS) is 19.6. The molecule has 11 nitrogen and oxygen atoms in total. The van der Waals surface area contributed by atoms with Crippen LogP contribution in [0.4, 0.5) is 0 Å². The topological polar surface area (TPSA) is 174 Å². The maximum Gasteiger partial charge on any atom is 0.311 e. The fourth-order valence-electron chi connectivity index (χ4n) is 4.70. The van der Waals surface area contributed by atoms with Gasteiger partial charge in [0.05, 0.1) is 18.8 Å². The number of hydrogen-bond acceptors (Lipinski definition) is 9. The number of Topliss-reactive ketones (excluding diaryl/α,β-unsaturated/α-hetero) is 1. The van der Waals surface area contributed by atoms with Gasteiger partial charge in [-0.25, -0.2) is 0 Å². The molecular weight excluding hydrogens is 556 g/mol. The van der Waals surface area contributed by atoms with Crippen molar-refractivity contribution in [1.29, 1.82) is 0 Å². The van der Waals surface area contributed by atoms with Crippen molar-refractivity contribution < 1.29 is 43.6 Å². The molecule has 2 amide bonds. The number of carbonyl (C=O) groups excluding carboxylic acids is 4. The van der Waals surface area contributed by atoms with Crippen LogP contribution < -0.4 is 20.5 Å². The molecule has 1 unspecified atom stereocenters. The summed E-state index contributed by atoms with van der Waals surface area (Å²) in [6.07, 6.45) is 3.10. The molecule has 0 spiro atoms. The van der Waals surface area contributed by atoms with Crippen LogP contribution in [0.5, 0.6) is 11.5 Å². The van der Waals surface area contributed by atoms with Gasteiger partial charge in [-0.05, 0) is 49.1 Å². The van der Waals surface area contributed by atoms with E-state index in [1.54, 1.807) is 36.4 Å². The second kappa shape index (κ2) is 17.2. The maximum atomic E-state index is 12.4. The molecule has 11 heteroatoms. The third-order valence-electron chi connectivity index (χ3n) is 6.89. The van der Waals surface area contributed by atoms with Crippen LogP contribution in [-0.4, -0.2) is 71.3 Å². The molecule has 0 aromatic heterocycles. The number of aliphatic hydroxyl groups excluding tert-OH is 2. The van der Waals surface area contributed by atoms with Gasteiger partial charge in [0.1, 0.15) is 36.0 Å². The van der Waals surface area contributed by atoms with E-state index in [9.17, 15) is 29.4 Å². The Morgan fingerprint density at radius 3 is 2.44 bits per heavy atom. The van der Waals surface area contributed by atoms with Gasteiger partial charge in [-0.3, -0.25) is 19.2 Å². The van der Waals surface area contributed by atoms with Crippen LogP contribution in [0.1, 0.15) is 44.6 Å². The molecule has 3 rings (SSSR count). The van der Waals surface area contributed by atoms with Crippen LogP contribution in [0.15, 0.2) is 66.7 Å². The van der Waals surface area contributed by atoms with Crippen molar-refractivity contribution in [2.45, 2.75) is 69.8 Å². The van der Waals surface area contributed by atoms with E-state index in [2.05, 4.69) is 5.32 Å². The molecule has 5 N–H and O–H groups in total. The van der Waals surface area contributed by atoms with Gasteiger partial charge < -0.3 is 35.5 Å². The molecule has 0 bridgehead atoms. The molecule has 232 valence electrons. The van der Waals surface area contributed by atoms with Crippen molar-refractivity contribution in [3.63, 3.8) is 0 Å². The average Bonchev–Trinajstić information content (AvgIpc) is 3.24. The number of para-hydroxylation sites is 1. The number of primary amides is 1. The van der Waals surface area contributed by atoms with Crippen molar-refractivity contribution >= 4 is 23.6 Å². The van der Waals surface area contributed by atoms with Crippen LogP contribution in [0.2, 0.25) is 0 Å². The molecule has 1 saturated carbocycles. The lowest BCUT2D eigenvalue weighted by molar-refractivity contribution is -0.134. The molecule has 5 atom stereocenters. The second-order valence-electron chi connectivity index (χ2n) is 10.5. The summed E-state index contributed by atoms with van der Waals surface area (Å²) in [5, 5.41) is 23.0. The minimum Gasteiger partial charge on any atom is -0.491 e. The van der Waals surface area contributed by atoms with E-state index in [1.165, 1.54) is 6.92 Å². The number of rotatable bonds is 17. The van der Waals surface area contributed by atoms with Crippen molar-refractivity contribution in [3.05, 3.63) is 72.3 Å². The molecule has 0 heterocycles. The molecular formula is C32H40N2O9. The Bertz CT molecular complexity index is 1230. The van der Waals surface area contributed by atoms with Crippen LogP contribution in [-0.2, 0) is 30.3 Å². The van der Waals surface area contributed by atoms with Crippen molar-refractivity contribution in [3.8, 4) is 11.5 Å².